The summed E-state index contributed by atoms with van der Waals surface area (Å²) in [5.41, 5.74) is 1.46. The van der Waals surface area contributed by atoms with Gasteiger partial charge in [-0.2, -0.15) is 0 Å². The van der Waals surface area contributed by atoms with Crippen LogP contribution in [0.3, 0.4) is 0 Å². The van der Waals surface area contributed by atoms with Crippen LogP contribution < -0.4 is 9.47 Å². The molecule has 0 unspecified atom stereocenters. The maximum Gasteiger partial charge on any atom is 0.303 e. The second-order valence-corrected chi connectivity index (χ2v) is 5.88. The van der Waals surface area contributed by atoms with E-state index in [0.717, 1.165) is 0 Å². The number of fused-ring (bicyclic) bond motifs is 1. The normalized spacial score (nSPS) is 12.6. The number of ether oxygens (including phenoxy) is 3. The molecule has 0 fully saturated rings. The van der Waals surface area contributed by atoms with Crippen molar-refractivity contribution in [1.82, 2.24) is 0 Å². The largest absolute Gasteiger partial charge is 0.485 e. The average Bonchev–Trinajstić information content (AvgIpc) is 2.93. The molecule has 1 heterocycles. The molecule has 7 heteroatoms. The summed E-state index contributed by atoms with van der Waals surface area (Å²) in [6.07, 6.45) is 2.57. The summed E-state index contributed by atoms with van der Waals surface area (Å²) in [5.74, 6) is -0.466. The van der Waals surface area contributed by atoms with Crippen molar-refractivity contribution < 1.29 is 33.7 Å². The van der Waals surface area contributed by atoms with Crippen LogP contribution in [0, 0.1) is 0 Å². The molecule has 0 amide bonds. The van der Waals surface area contributed by atoms with Gasteiger partial charge in [0.15, 0.2) is 19.2 Å². The highest BCUT2D eigenvalue weighted by Crippen LogP contribution is 2.40. The van der Waals surface area contributed by atoms with Crippen LogP contribution in [0.2, 0.25) is 0 Å². The summed E-state index contributed by atoms with van der Waals surface area (Å²) < 4.78 is 15.9. The number of carboxylic acids is 1. The average molecular weight is 350 g/mol. The lowest BCUT2D eigenvalue weighted by Gasteiger charge is -2.17. The highest BCUT2D eigenvalue weighted by molar-refractivity contribution is 6.07. The van der Waals surface area contributed by atoms with Gasteiger partial charge in [0, 0.05) is 24.7 Å². The molecule has 0 atom stereocenters. The molecule has 7 nitrogen and oxygen atoms in total. The molecule has 1 aliphatic heterocycles. The van der Waals surface area contributed by atoms with Crippen LogP contribution in [0.15, 0.2) is 6.07 Å². The van der Waals surface area contributed by atoms with Gasteiger partial charge in [-0.15, -0.1) is 0 Å². The molecule has 0 aromatic heterocycles. The van der Waals surface area contributed by atoms with E-state index in [9.17, 15) is 14.4 Å². The summed E-state index contributed by atoms with van der Waals surface area (Å²) in [6, 6.07) is 1.59. The van der Waals surface area contributed by atoms with Crippen molar-refractivity contribution in [2.75, 3.05) is 20.5 Å². The number of carbonyl (C=O) groups is 3. The van der Waals surface area contributed by atoms with Gasteiger partial charge in [-0.3, -0.25) is 14.4 Å². The second kappa shape index (κ2) is 8.62. The Kier molecular flexibility index (Phi) is 6.52. The molecule has 0 bridgehead atoms. The van der Waals surface area contributed by atoms with Crippen molar-refractivity contribution in [2.24, 2.45) is 0 Å². The molecule has 1 aromatic rings. The number of hydrogen-bond donors (Lipinski definition) is 1. The van der Waals surface area contributed by atoms with Crippen LogP contribution in [-0.4, -0.2) is 43.2 Å². The summed E-state index contributed by atoms with van der Waals surface area (Å²) in [5, 5.41) is 8.69. The molecule has 0 radical (unpaired) electrons. The Morgan fingerprint density at radius 2 is 2.04 bits per heavy atom. The lowest BCUT2D eigenvalue weighted by atomic mass is 9.93. The Morgan fingerprint density at radius 3 is 2.68 bits per heavy atom. The number of methoxy groups -OCH3 is 1. The van der Waals surface area contributed by atoms with E-state index in [2.05, 4.69) is 0 Å². The SMILES string of the molecule is COCOc1c(CCCCCC(=O)O)c(C(C)=O)cc2c1C(=O)CO2. The number of hydrogen-bond acceptors (Lipinski definition) is 6. The number of carbonyl (C=O) groups excluding carboxylic acids is 2. The summed E-state index contributed by atoms with van der Waals surface area (Å²) in [7, 11) is 1.47. The minimum absolute atomic E-state index is 0.0485. The molecule has 1 aliphatic rings. The number of rotatable bonds is 10. The van der Waals surface area contributed by atoms with Crippen molar-refractivity contribution in [3.63, 3.8) is 0 Å². The first-order chi connectivity index (χ1) is 12.0. The standard InChI is InChI=1S/C18H22O7/c1-11(19)13-8-15-17(14(20)9-24-15)18(25-10-23-2)12(13)6-4-3-5-7-16(21)22/h8H,3-7,9-10H2,1-2H3,(H,21,22). The summed E-state index contributed by atoms with van der Waals surface area (Å²) in [4.78, 5) is 34.8. The first-order valence-corrected chi connectivity index (χ1v) is 8.16. The van der Waals surface area contributed by atoms with E-state index in [4.69, 9.17) is 19.3 Å². The molecule has 2 rings (SSSR count). The van der Waals surface area contributed by atoms with Gasteiger partial charge in [-0.05, 0) is 32.3 Å². The predicted molar refractivity (Wildman–Crippen MR) is 88.6 cm³/mol. The quantitative estimate of drug-likeness (QED) is 0.393. The maximum absolute atomic E-state index is 12.1. The fraction of sp³-hybridized carbons (Fsp3) is 0.500. The third-order valence-corrected chi connectivity index (χ3v) is 4.00. The van der Waals surface area contributed by atoms with Gasteiger partial charge >= 0.3 is 5.97 Å². The summed E-state index contributed by atoms with van der Waals surface area (Å²) in [6.45, 7) is 1.33. The maximum atomic E-state index is 12.1. The van der Waals surface area contributed by atoms with Crippen molar-refractivity contribution in [2.45, 2.75) is 39.0 Å². The van der Waals surface area contributed by atoms with E-state index >= 15 is 0 Å². The Labute approximate surface area is 145 Å². The number of Topliss-reactive ketones (excluding diaryl/α,β-unsaturated/α-hetero) is 2. The van der Waals surface area contributed by atoms with Crippen molar-refractivity contribution in [3.8, 4) is 11.5 Å². The van der Waals surface area contributed by atoms with Gasteiger partial charge < -0.3 is 19.3 Å². The van der Waals surface area contributed by atoms with E-state index in [1.165, 1.54) is 14.0 Å². The molecule has 136 valence electrons. The fourth-order valence-corrected chi connectivity index (χ4v) is 2.86. The Hall–Kier alpha value is -2.41. The molecular weight excluding hydrogens is 328 g/mol. The summed E-state index contributed by atoms with van der Waals surface area (Å²) >= 11 is 0. The van der Waals surface area contributed by atoms with Crippen molar-refractivity contribution in [1.29, 1.82) is 0 Å². The highest BCUT2D eigenvalue weighted by atomic mass is 16.7. The topological polar surface area (TPSA) is 99.1 Å². The predicted octanol–water partition coefficient (Wildman–Crippen LogP) is 2.63. The van der Waals surface area contributed by atoms with E-state index in [-0.39, 0.29) is 31.4 Å². The van der Waals surface area contributed by atoms with Crippen LogP contribution in [0.4, 0.5) is 0 Å². The fourth-order valence-electron chi connectivity index (χ4n) is 2.86. The van der Waals surface area contributed by atoms with Crippen molar-refractivity contribution in [3.05, 3.63) is 22.8 Å². The molecule has 0 saturated heterocycles. The number of unbranched alkanes of at least 4 members (excludes halogenated alkanes) is 2. The van der Waals surface area contributed by atoms with Gasteiger partial charge in [0.25, 0.3) is 0 Å². The zero-order valence-electron chi connectivity index (χ0n) is 14.4. The molecule has 0 saturated carbocycles. The van der Waals surface area contributed by atoms with Crippen LogP contribution in [0.1, 0.15) is 58.9 Å². The number of ketones is 2. The van der Waals surface area contributed by atoms with Crippen LogP contribution in [0.5, 0.6) is 11.5 Å². The lowest BCUT2D eigenvalue weighted by Crippen LogP contribution is -2.10. The molecule has 1 N–H and O–H groups in total. The minimum atomic E-state index is -0.825. The molecular formula is C18H22O7. The van der Waals surface area contributed by atoms with Gasteiger partial charge in [0.1, 0.15) is 17.1 Å². The molecule has 25 heavy (non-hydrogen) atoms. The van der Waals surface area contributed by atoms with E-state index in [1.54, 1.807) is 6.07 Å². The van der Waals surface area contributed by atoms with Crippen LogP contribution in [0.25, 0.3) is 0 Å². The van der Waals surface area contributed by atoms with E-state index in [0.29, 0.717) is 53.9 Å². The monoisotopic (exact) mass is 350 g/mol. The smallest absolute Gasteiger partial charge is 0.303 e. The number of aliphatic carboxylic acids is 1. The van der Waals surface area contributed by atoms with Crippen molar-refractivity contribution >= 4 is 17.5 Å². The third kappa shape index (κ3) is 4.57. The molecule has 0 aliphatic carbocycles. The first-order valence-electron chi connectivity index (χ1n) is 8.16. The van der Waals surface area contributed by atoms with Crippen LogP contribution in [-0.2, 0) is 16.0 Å². The van der Waals surface area contributed by atoms with Gasteiger partial charge in [-0.1, -0.05) is 6.42 Å². The van der Waals surface area contributed by atoms with E-state index in [1.807, 2.05) is 0 Å². The zero-order chi connectivity index (χ0) is 18.4. The van der Waals surface area contributed by atoms with E-state index < -0.39 is 5.97 Å². The Balaban J connectivity index is 2.30. The Morgan fingerprint density at radius 1 is 1.28 bits per heavy atom. The minimum Gasteiger partial charge on any atom is -0.485 e. The van der Waals surface area contributed by atoms with Gasteiger partial charge in [0.2, 0.25) is 5.78 Å². The first kappa shape index (κ1) is 18.9. The van der Waals surface area contributed by atoms with Crippen LogP contribution >= 0.6 is 0 Å². The lowest BCUT2D eigenvalue weighted by molar-refractivity contribution is -0.137. The van der Waals surface area contributed by atoms with Gasteiger partial charge in [0.05, 0.1) is 0 Å². The number of carboxylic acid groups (broad SMARTS) is 1. The highest BCUT2D eigenvalue weighted by Gasteiger charge is 2.31. The third-order valence-electron chi connectivity index (χ3n) is 4.00. The second-order valence-electron chi connectivity index (χ2n) is 5.88. The molecule has 0 spiro atoms. The Bertz CT molecular complexity index is 678. The van der Waals surface area contributed by atoms with Gasteiger partial charge in [-0.25, -0.2) is 0 Å². The molecule has 1 aromatic carbocycles. The zero-order valence-corrected chi connectivity index (χ0v) is 14.4. The number of benzene rings is 1.